The molecule has 2 aromatic carbocycles. The summed E-state index contributed by atoms with van der Waals surface area (Å²) in [5, 5.41) is 9.44. The zero-order valence-electron chi connectivity index (χ0n) is 11.8. The number of benzene rings is 2. The monoisotopic (exact) mass is 344 g/mol. The Bertz CT molecular complexity index is 975. The lowest BCUT2D eigenvalue weighted by molar-refractivity contribution is 0.515. The normalized spacial score (nSPS) is 11.2. The summed E-state index contributed by atoms with van der Waals surface area (Å²) >= 11 is 11.8. The van der Waals surface area contributed by atoms with Crippen LogP contribution in [-0.2, 0) is 6.42 Å². The van der Waals surface area contributed by atoms with E-state index in [4.69, 9.17) is 27.6 Å². The number of nitrogens with zero attached hydrogens (tertiary/aromatic N) is 3. The molecule has 0 unspecified atom stereocenters. The third-order valence-corrected chi connectivity index (χ3v) is 3.86. The fourth-order valence-electron chi connectivity index (χ4n) is 2.30. The van der Waals surface area contributed by atoms with Crippen molar-refractivity contribution in [3.63, 3.8) is 0 Å². The maximum atomic E-state index is 5.97. The van der Waals surface area contributed by atoms with Gasteiger partial charge in [0.1, 0.15) is 5.82 Å². The van der Waals surface area contributed by atoms with E-state index in [-0.39, 0.29) is 0 Å². The van der Waals surface area contributed by atoms with Gasteiger partial charge in [-0.25, -0.2) is 4.98 Å². The first-order valence-electron chi connectivity index (χ1n) is 6.90. The number of aromatic nitrogens is 4. The Kier molecular flexibility index (Phi) is 3.52. The molecule has 0 amide bonds. The molecular weight excluding hydrogens is 335 g/mol. The summed E-state index contributed by atoms with van der Waals surface area (Å²) in [5.41, 5.74) is 2.55. The molecule has 114 valence electrons. The van der Waals surface area contributed by atoms with Crippen LogP contribution < -0.4 is 0 Å². The Morgan fingerprint density at radius 3 is 2.57 bits per heavy atom. The van der Waals surface area contributed by atoms with Crippen molar-refractivity contribution in [3.05, 3.63) is 64.2 Å². The number of halogens is 2. The molecule has 1 N–H and O–H groups in total. The highest BCUT2D eigenvalue weighted by Gasteiger charge is 2.11. The van der Waals surface area contributed by atoms with Crippen LogP contribution in [0, 0.1) is 0 Å². The quantitative estimate of drug-likeness (QED) is 0.593. The van der Waals surface area contributed by atoms with Gasteiger partial charge in [-0.3, -0.25) is 0 Å². The van der Waals surface area contributed by atoms with E-state index in [1.54, 1.807) is 18.2 Å². The highest BCUT2D eigenvalue weighted by Crippen LogP contribution is 2.22. The van der Waals surface area contributed by atoms with E-state index in [0.29, 0.717) is 28.2 Å². The van der Waals surface area contributed by atoms with Gasteiger partial charge in [0.15, 0.2) is 0 Å². The molecule has 0 bridgehead atoms. The van der Waals surface area contributed by atoms with E-state index in [1.165, 1.54) is 0 Å². The maximum absolute atomic E-state index is 5.97. The van der Waals surface area contributed by atoms with E-state index in [2.05, 4.69) is 20.2 Å². The van der Waals surface area contributed by atoms with Crippen LogP contribution in [0.15, 0.2) is 46.9 Å². The second-order valence-electron chi connectivity index (χ2n) is 5.03. The third-order valence-electron chi connectivity index (χ3n) is 3.37. The molecule has 0 saturated carbocycles. The molecule has 2 aromatic heterocycles. The molecule has 2 heterocycles. The number of H-pyrrole nitrogens is 1. The Balaban J connectivity index is 1.60. The summed E-state index contributed by atoms with van der Waals surface area (Å²) in [6, 6.07) is 12.7. The zero-order valence-corrected chi connectivity index (χ0v) is 13.3. The minimum atomic E-state index is 0.424. The van der Waals surface area contributed by atoms with Gasteiger partial charge in [0.2, 0.25) is 11.8 Å². The number of nitrogens with one attached hydrogen (secondary N) is 1. The molecule has 0 atom stereocenters. The molecule has 0 aliphatic rings. The summed E-state index contributed by atoms with van der Waals surface area (Å²) < 4.78 is 5.68. The number of rotatable bonds is 3. The van der Waals surface area contributed by atoms with Gasteiger partial charge in [-0.1, -0.05) is 23.2 Å². The molecular formula is C16H10Cl2N4O. The van der Waals surface area contributed by atoms with Gasteiger partial charge >= 0.3 is 0 Å². The summed E-state index contributed by atoms with van der Waals surface area (Å²) in [6.45, 7) is 0. The summed E-state index contributed by atoms with van der Waals surface area (Å²) in [6.07, 6.45) is 0.424. The largest absolute Gasteiger partial charge is 0.420 e. The molecule has 23 heavy (non-hydrogen) atoms. The van der Waals surface area contributed by atoms with Crippen molar-refractivity contribution in [2.24, 2.45) is 0 Å². The van der Waals surface area contributed by atoms with Crippen LogP contribution in [0.25, 0.3) is 22.5 Å². The van der Waals surface area contributed by atoms with Crippen molar-refractivity contribution in [2.75, 3.05) is 0 Å². The van der Waals surface area contributed by atoms with Gasteiger partial charge in [-0.2, -0.15) is 0 Å². The van der Waals surface area contributed by atoms with Crippen LogP contribution in [0.1, 0.15) is 11.7 Å². The van der Waals surface area contributed by atoms with Crippen LogP contribution in [0.2, 0.25) is 10.0 Å². The van der Waals surface area contributed by atoms with Crippen molar-refractivity contribution in [3.8, 4) is 11.5 Å². The van der Waals surface area contributed by atoms with E-state index in [1.807, 2.05) is 24.3 Å². The van der Waals surface area contributed by atoms with E-state index < -0.39 is 0 Å². The van der Waals surface area contributed by atoms with Crippen LogP contribution >= 0.6 is 23.2 Å². The predicted octanol–water partition coefficient (Wildman–Crippen LogP) is 4.51. The molecule has 5 nitrogen and oxygen atoms in total. The van der Waals surface area contributed by atoms with E-state index in [0.717, 1.165) is 22.4 Å². The standard InChI is InChI=1S/C16H10Cl2N4O/c17-10-3-1-9(2-4-10)16-22-21-15(23-16)8-14-19-12-6-5-11(18)7-13(12)20-14/h1-7H,8H2,(H,19,20). The zero-order chi connectivity index (χ0) is 15.8. The molecule has 4 aromatic rings. The first kappa shape index (κ1) is 14.2. The van der Waals surface area contributed by atoms with Crippen LogP contribution in [0.5, 0.6) is 0 Å². The van der Waals surface area contributed by atoms with Gasteiger partial charge < -0.3 is 9.40 Å². The Labute approximate surface area is 141 Å². The number of aromatic amines is 1. The fraction of sp³-hybridized carbons (Fsp3) is 0.0625. The lowest BCUT2D eigenvalue weighted by atomic mass is 10.2. The lowest BCUT2D eigenvalue weighted by Gasteiger charge is -1.94. The highest BCUT2D eigenvalue weighted by molar-refractivity contribution is 6.31. The first-order valence-corrected chi connectivity index (χ1v) is 7.65. The van der Waals surface area contributed by atoms with Gasteiger partial charge in [0.25, 0.3) is 0 Å². The van der Waals surface area contributed by atoms with Gasteiger partial charge in [-0.15, -0.1) is 10.2 Å². The number of hydrogen-bond donors (Lipinski definition) is 1. The van der Waals surface area contributed by atoms with Crippen molar-refractivity contribution < 1.29 is 4.42 Å². The smallest absolute Gasteiger partial charge is 0.247 e. The van der Waals surface area contributed by atoms with E-state index >= 15 is 0 Å². The first-order chi connectivity index (χ1) is 11.2. The average molecular weight is 345 g/mol. The Hall–Kier alpha value is -2.37. The van der Waals surface area contributed by atoms with Crippen molar-refractivity contribution >= 4 is 34.2 Å². The summed E-state index contributed by atoms with van der Waals surface area (Å²) in [7, 11) is 0. The maximum Gasteiger partial charge on any atom is 0.247 e. The lowest BCUT2D eigenvalue weighted by Crippen LogP contribution is -1.90. The predicted molar refractivity (Wildman–Crippen MR) is 88.7 cm³/mol. The third kappa shape index (κ3) is 2.93. The van der Waals surface area contributed by atoms with Crippen molar-refractivity contribution in [1.29, 1.82) is 0 Å². The van der Waals surface area contributed by atoms with Gasteiger partial charge in [0, 0.05) is 15.6 Å². The second-order valence-corrected chi connectivity index (χ2v) is 5.90. The van der Waals surface area contributed by atoms with Crippen molar-refractivity contribution in [1.82, 2.24) is 20.2 Å². The SMILES string of the molecule is Clc1ccc(-c2nnc(Cc3nc4ccc(Cl)cc4[nH]3)o2)cc1. The minimum absolute atomic E-state index is 0.424. The molecule has 0 radical (unpaired) electrons. The molecule has 0 fully saturated rings. The topological polar surface area (TPSA) is 67.6 Å². The molecule has 0 saturated heterocycles. The molecule has 7 heteroatoms. The number of fused-ring (bicyclic) bond motifs is 1. The van der Waals surface area contributed by atoms with Gasteiger partial charge in [-0.05, 0) is 42.5 Å². The van der Waals surface area contributed by atoms with Crippen LogP contribution in [-0.4, -0.2) is 20.2 Å². The highest BCUT2D eigenvalue weighted by atomic mass is 35.5. The van der Waals surface area contributed by atoms with Crippen molar-refractivity contribution in [2.45, 2.75) is 6.42 Å². The Morgan fingerprint density at radius 2 is 1.74 bits per heavy atom. The second kappa shape index (κ2) is 5.68. The average Bonchev–Trinajstić information content (AvgIpc) is 3.14. The van der Waals surface area contributed by atoms with E-state index in [9.17, 15) is 0 Å². The summed E-state index contributed by atoms with van der Waals surface area (Å²) in [4.78, 5) is 7.68. The van der Waals surface area contributed by atoms with Crippen LogP contribution in [0.3, 0.4) is 0 Å². The summed E-state index contributed by atoms with van der Waals surface area (Å²) in [5.74, 6) is 1.68. The molecule has 0 aliphatic heterocycles. The Morgan fingerprint density at radius 1 is 0.957 bits per heavy atom. The fourth-order valence-corrected chi connectivity index (χ4v) is 2.59. The minimum Gasteiger partial charge on any atom is -0.420 e. The molecule has 4 rings (SSSR count). The number of hydrogen-bond acceptors (Lipinski definition) is 4. The van der Waals surface area contributed by atoms with Crippen LogP contribution in [0.4, 0.5) is 0 Å². The molecule has 0 spiro atoms. The number of imidazole rings is 1. The molecule has 0 aliphatic carbocycles. The van der Waals surface area contributed by atoms with Gasteiger partial charge in [0.05, 0.1) is 17.5 Å².